The van der Waals surface area contributed by atoms with Crippen molar-refractivity contribution in [1.29, 1.82) is 0 Å². The third-order valence-electron chi connectivity index (χ3n) is 3.51. The van der Waals surface area contributed by atoms with Gasteiger partial charge in [0.25, 0.3) is 10.0 Å². The van der Waals surface area contributed by atoms with E-state index >= 15 is 0 Å². The number of sulfonamides is 1. The lowest BCUT2D eigenvalue weighted by Crippen LogP contribution is -2.12. The second-order valence-electron chi connectivity index (χ2n) is 5.17. The van der Waals surface area contributed by atoms with Crippen LogP contribution in [0.4, 0.5) is 5.13 Å². The SMILES string of the molecule is COc1ccc(OC)c(-c2csc(NS(=O)(=O)c3cccc(Cl)c3)n2)c1. The number of hydrogen-bond acceptors (Lipinski definition) is 6. The molecule has 0 fully saturated rings. The number of methoxy groups -OCH3 is 2. The van der Waals surface area contributed by atoms with Gasteiger partial charge in [-0.05, 0) is 36.4 Å². The van der Waals surface area contributed by atoms with Gasteiger partial charge in [-0.3, -0.25) is 4.72 Å². The van der Waals surface area contributed by atoms with Gasteiger partial charge in [0, 0.05) is 16.0 Å². The van der Waals surface area contributed by atoms with Crippen molar-refractivity contribution in [3.63, 3.8) is 0 Å². The third kappa shape index (κ3) is 3.92. The summed E-state index contributed by atoms with van der Waals surface area (Å²) in [7, 11) is -0.653. The lowest BCUT2D eigenvalue weighted by atomic mass is 10.1. The largest absolute Gasteiger partial charge is 0.497 e. The number of halogens is 1. The first-order chi connectivity index (χ1) is 12.4. The molecule has 1 aromatic heterocycles. The van der Waals surface area contributed by atoms with Crippen molar-refractivity contribution in [3.05, 3.63) is 52.9 Å². The zero-order valence-electron chi connectivity index (χ0n) is 13.9. The standard InChI is InChI=1S/C17H15ClN2O4S2/c1-23-12-6-7-16(24-2)14(9-12)15-10-25-17(19-15)20-26(21,22)13-5-3-4-11(18)8-13/h3-10H,1-2H3,(H,19,20). The summed E-state index contributed by atoms with van der Waals surface area (Å²) < 4.78 is 38.0. The first-order valence-corrected chi connectivity index (χ1v) is 10.1. The molecule has 0 saturated heterocycles. The minimum Gasteiger partial charge on any atom is -0.497 e. The summed E-state index contributed by atoms with van der Waals surface area (Å²) in [6, 6.07) is 11.4. The summed E-state index contributed by atoms with van der Waals surface area (Å²) in [4.78, 5) is 4.43. The molecule has 26 heavy (non-hydrogen) atoms. The first kappa shape index (κ1) is 18.5. The molecule has 0 aliphatic carbocycles. The molecule has 0 saturated carbocycles. The van der Waals surface area contributed by atoms with Gasteiger partial charge in [-0.15, -0.1) is 11.3 Å². The molecule has 3 rings (SSSR count). The molecule has 6 nitrogen and oxygen atoms in total. The number of thiazole rings is 1. The van der Waals surface area contributed by atoms with Gasteiger partial charge in [0.05, 0.1) is 24.8 Å². The molecule has 0 atom stereocenters. The fourth-order valence-electron chi connectivity index (χ4n) is 2.27. The molecule has 0 aliphatic heterocycles. The Morgan fingerprint density at radius 1 is 1.12 bits per heavy atom. The Bertz CT molecular complexity index is 1030. The van der Waals surface area contributed by atoms with E-state index in [4.69, 9.17) is 21.1 Å². The van der Waals surface area contributed by atoms with Crippen molar-refractivity contribution in [1.82, 2.24) is 4.98 Å². The molecule has 2 aromatic carbocycles. The third-order valence-corrected chi connectivity index (χ3v) is 5.97. The zero-order chi connectivity index (χ0) is 18.7. The molecule has 0 amide bonds. The van der Waals surface area contributed by atoms with Crippen LogP contribution in [0.3, 0.4) is 0 Å². The Kier molecular flexibility index (Phi) is 5.36. The van der Waals surface area contributed by atoms with Crippen molar-refractivity contribution in [2.24, 2.45) is 0 Å². The van der Waals surface area contributed by atoms with E-state index in [1.807, 2.05) is 0 Å². The molecule has 0 bridgehead atoms. The number of rotatable bonds is 6. The number of aromatic nitrogens is 1. The van der Waals surface area contributed by atoms with Crippen molar-refractivity contribution in [2.75, 3.05) is 18.9 Å². The highest BCUT2D eigenvalue weighted by Gasteiger charge is 2.18. The van der Waals surface area contributed by atoms with Crippen LogP contribution in [0.25, 0.3) is 11.3 Å². The molecule has 0 aliphatic rings. The second-order valence-corrected chi connectivity index (χ2v) is 8.14. The molecule has 0 radical (unpaired) electrons. The average molecular weight is 411 g/mol. The number of anilines is 1. The monoisotopic (exact) mass is 410 g/mol. The van der Waals surface area contributed by atoms with Crippen LogP contribution < -0.4 is 14.2 Å². The minimum atomic E-state index is -3.78. The van der Waals surface area contributed by atoms with Gasteiger partial charge in [0.15, 0.2) is 5.13 Å². The van der Waals surface area contributed by atoms with E-state index in [9.17, 15) is 8.42 Å². The Morgan fingerprint density at radius 2 is 1.92 bits per heavy atom. The van der Waals surface area contributed by atoms with E-state index in [2.05, 4.69) is 9.71 Å². The smallest absolute Gasteiger partial charge is 0.263 e. The van der Waals surface area contributed by atoms with E-state index < -0.39 is 10.0 Å². The maximum absolute atomic E-state index is 12.5. The summed E-state index contributed by atoms with van der Waals surface area (Å²) in [6.45, 7) is 0. The summed E-state index contributed by atoms with van der Waals surface area (Å²) in [5, 5.41) is 2.33. The Balaban J connectivity index is 1.91. The number of benzene rings is 2. The Labute approximate surface area is 160 Å². The highest BCUT2D eigenvalue weighted by molar-refractivity contribution is 7.93. The molecule has 0 unspecified atom stereocenters. The lowest BCUT2D eigenvalue weighted by molar-refractivity contribution is 0.404. The fraction of sp³-hybridized carbons (Fsp3) is 0.118. The molecule has 0 spiro atoms. The van der Waals surface area contributed by atoms with Gasteiger partial charge in [-0.25, -0.2) is 13.4 Å². The van der Waals surface area contributed by atoms with Crippen molar-refractivity contribution >= 4 is 38.1 Å². The Morgan fingerprint density at radius 3 is 2.62 bits per heavy atom. The summed E-state index contributed by atoms with van der Waals surface area (Å²) >= 11 is 7.04. The second kappa shape index (κ2) is 7.53. The minimum absolute atomic E-state index is 0.0701. The highest BCUT2D eigenvalue weighted by Crippen LogP contribution is 2.35. The van der Waals surface area contributed by atoms with Gasteiger partial charge in [-0.1, -0.05) is 17.7 Å². The topological polar surface area (TPSA) is 77.5 Å². The number of ether oxygens (including phenoxy) is 2. The molecular weight excluding hydrogens is 396 g/mol. The van der Waals surface area contributed by atoms with E-state index in [0.29, 0.717) is 27.8 Å². The summed E-state index contributed by atoms with van der Waals surface area (Å²) in [5.74, 6) is 1.26. The predicted octanol–water partition coefficient (Wildman–Crippen LogP) is 4.28. The van der Waals surface area contributed by atoms with Gasteiger partial charge in [-0.2, -0.15) is 0 Å². The van der Waals surface area contributed by atoms with Crippen LogP contribution in [0.1, 0.15) is 0 Å². The van der Waals surface area contributed by atoms with Crippen LogP contribution in [0.2, 0.25) is 5.02 Å². The molecule has 3 aromatic rings. The van der Waals surface area contributed by atoms with Gasteiger partial charge in [0.2, 0.25) is 0 Å². The molecule has 136 valence electrons. The molecule has 1 heterocycles. The Hall–Kier alpha value is -2.29. The highest BCUT2D eigenvalue weighted by atomic mass is 35.5. The normalized spacial score (nSPS) is 11.2. The van der Waals surface area contributed by atoms with Crippen LogP contribution in [-0.2, 0) is 10.0 Å². The van der Waals surface area contributed by atoms with Crippen LogP contribution in [0, 0.1) is 0 Å². The lowest BCUT2D eigenvalue weighted by Gasteiger charge is -2.08. The maximum Gasteiger partial charge on any atom is 0.263 e. The number of nitrogens with zero attached hydrogens (tertiary/aromatic N) is 1. The van der Waals surface area contributed by atoms with E-state index in [-0.39, 0.29) is 10.0 Å². The van der Waals surface area contributed by atoms with E-state index in [0.717, 1.165) is 0 Å². The van der Waals surface area contributed by atoms with E-state index in [1.165, 1.54) is 23.5 Å². The van der Waals surface area contributed by atoms with Crippen LogP contribution in [0.15, 0.2) is 52.7 Å². The number of nitrogens with one attached hydrogen (secondary N) is 1. The van der Waals surface area contributed by atoms with Gasteiger partial charge < -0.3 is 9.47 Å². The van der Waals surface area contributed by atoms with Crippen molar-refractivity contribution < 1.29 is 17.9 Å². The average Bonchev–Trinajstić information content (AvgIpc) is 3.08. The first-order valence-electron chi connectivity index (χ1n) is 7.39. The quantitative estimate of drug-likeness (QED) is 0.656. The summed E-state index contributed by atoms with van der Waals surface area (Å²) in [5.41, 5.74) is 1.28. The number of hydrogen-bond donors (Lipinski definition) is 1. The zero-order valence-corrected chi connectivity index (χ0v) is 16.3. The van der Waals surface area contributed by atoms with Crippen LogP contribution in [-0.4, -0.2) is 27.6 Å². The predicted molar refractivity (Wildman–Crippen MR) is 103 cm³/mol. The molecule has 1 N–H and O–H groups in total. The maximum atomic E-state index is 12.5. The van der Waals surface area contributed by atoms with Crippen LogP contribution >= 0.6 is 22.9 Å². The van der Waals surface area contributed by atoms with E-state index in [1.54, 1.807) is 49.9 Å². The van der Waals surface area contributed by atoms with Crippen LogP contribution in [0.5, 0.6) is 11.5 Å². The molecule has 9 heteroatoms. The molecular formula is C17H15ClN2O4S2. The van der Waals surface area contributed by atoms with Crippen molar-refractivity contribution in [3.8, 4) is 22.8 Å². The van der Waals surface area contributed by atoms with Crippen molar-refractivity contribution in [2.45, 2.75) is 4.90 Å². The van der Waals surface area contributed by atoms with Gasteiger partial charge in [0.1, 0.15) is 11.5 Å². The van der Waals surface area contributed by atoms with Gasteiger partial charge >= 0.3 is 0 Å². The fourth-order valence-corrected chi connectivity index (χ4v) is 4.53. The summed E-state index contributed by atoms with van der Waals surface area (Å²) in [6.07, 6.45) is 0.